The first kappa shape index (κ1) is 16.5. The number of hydrogen-bond donors (Lipinski definition) is 2. The molecule has 3 rings (SSSR count). The van der Waals surface area contributed by atoms with Gasteiger partial charge in [-0.2, -0.15) is 0 Å². The molecule has 0 aliphatic carbocycles. The van der Waals surface area contributed by atoms with E-state index in [9.17, 15) is 9.90 Å². The number of amides is 1. The second-order valence-corrected chi connectivity index (χ2v) is 6.64. The molecule has 2 N–H and O–H groups in total. The number of carbonyl (C=O) groups excluding carboxylic acids is 1. The first-order chi connectivity index (χ1) is 11.6. The molecule has 1 amide bonds. The monoisotopic (exact) mass is 341 g/mol. The number of nitrogens with one attached hydrogen (secondary N) is 1. The summed E-state index contributed by atoms with van der Waals surface area (Å²) < 4.78 is 6.69. The molecule has 0 aliphatic heterocycles. The summed E-state index contributed by atoms with van der Waals surface area (Å²) in [5.74, 6) is 0.393. The Labute approximate surface area is 144 Å². The molecule has 2 atom stereocenters. The smallest absolute Gasteiger partial charge is 0.260 e. The molecular weight excluding hydrogens is 322 g/mol. The van der Waals surface area contributed by atoms with Crippen LogP contribution in [-0.2, 0) is 4.79 Å². The van der Waals surface area contributed by atoms with Crippen LogP contribution in [-0.4, -0.2) is 23.7 Å². The van der Waals surface area contributed by atoms with Crippen LogP contribution in [0.2, 0.25) is 0 Å². The molecule has 2 unspecified atom stereocenters. The first-order valence-corrected chi connectivity index (χ1v) is 8.61. The summed E-state index contributed by atoms with van der Waals surface area (Å²) in [4.78, 5) is 13.0. The van der Waals surface area contributed by atoms with Crippen molar-refractivity contribution in [3.63, 3.8) is 0 Å². The lowest BCUT2D eigenvalue weighted by molar-refractivity contribution is -0.127. The molecular formula is C19H19NO3S. The van der Waals surface area contributed by atoms with Crippen LogP contribution in [0.15, 0.2) is 60.7 Å². The van der Waals surface area contributed by atoms with E-state index in [-0.39, 0.29) is 12.5 Å². The minimum Gasteiger partial charge on any atom is -0.481 e. The highest BCUT2D eigenvalue weighted by Gasteiger charge is 2.17. The van der Waals surface area contributed by atoms with Crippen LogP contribution in [0.5, 0.6) is 5.75 Å². The van der Waals surface area contributed by atoms with Crippen molar-refractivity contribution in [1.82, 2.24) is 5.32 Å². The van der Waals surface area contributed by atoms with Gasteiger partial charge in [-0.3, -0.25) is 4.79 Å². The maximum Gasteiger partial charge on any atom is 0.260 e. The van der Waals surface area contributed by atoms with E-state index in [2.05, 4.69) is 5.32 Å². The fraction of sp³-hybridized carbons (Fsp3) is 0.211. The van der Waals surface area contributed by atoms with E-state index in [0.717, 1.165) is 15.0 Å². The normalized spacial score (nSPS) is 13.4. The minimum absolute atomic E-state index is 0.161. The molecule has 1 aromatic heterocycles. The zero-order chi connectivity index (χ0) is 16.9. The molecule has 0 bridgehead atoms. The van der Waals surface area contributed by atoms with Crippen LogP contribution < -0.4 is 10.1 Å². The van der Waals surface area contributed by atoms with E-state index < -0.39 is 12.2 Å². The molecule has 124 valence electrons. The SMILES string of the molecule is CC(Oc1ccccc1)C(=O)NCC(O)c1cc2ccccc2s1. The number of ether oxygens (including phenoxy) is 1. The summed E-state index contributed by atoms with van der Waals surface area (Å²) in [6, 6.07) is 19.1. The van der Waals surface area contributed by atoms with Gasteiger partial charge in [-0.25, -0.2) is 0 Å². The molecule has 2 aromatic carbocycles. The molecule has 0 saturated carbocycles. The summed E-state index contributed by atoms with van der Waals surface area (Å²) in [5.41, 5.74) is 0. The van der Waals surface area contributed by atoms with E-state index >= 15 is 0 Å². The van der Waals surface area contributed by atoms with Gasteiger partial charge in [-0.05, 0) is 36.6 Å². The van der Waals surface area contributed by atoms with Gasteiger partial charge in [-0.15, -0.1) is 11.3 Å². The van der Waals surface area contributed by atoms with Crippen molar-refractivity contribution in [3.8, 4) is 5.75 Å². The fourth-order valence-corrected chi connectivity index (χ4v) is 3.42. The molecule has 0 fully saturated rings. The van der Waals surface area contributed by atoms with E-state index in [4.69, 9.17) is 4.74 Å². The van der Waals surface area contributed by atoms with Crippen molar-refractivity contribution in [2.45, 2.75) is 19.1 Å². The summed E-state index contributed by atoms with van der Waals surface area (Å²) >= 11 is 1.54. The topological polar surface area (TPSA) is 58.6 Å². The molecule has 3 aromatic rings. The van der Waals surface area contributed by atoms with Gasteiger partial charge in [0, 0.05) is 16.1 Å². The van der Waals surface area contributed by atoms with Gasteiger partial charge < -0.3 is 15.2 Å². The molecule has 0 saturated heterocycles. The zero-order valence-corrected chi connectivity index (χ0v) is 14.1. The van der Waals surface area contributed by atoms with Crippen LogP contribution in [0.1, 0.15) is 17.9 Å². The average molecular weight is 341 g/mol. The van der Waals surface area contributed by atoms with Gasteiger partial charge in [0.2, 0.25) is 0 Å². The number of benzene rings is 2. The number of rotatable bonds is 6. The number of thiophene rings is 1. The van der Waals surface area contributed by atoms with Gasteiger partial charge >= 0.3 is 0 Å². The number of para-hydroxylation sites is 1. The molecule has 0 radical (unpaired) electrons. The van der Waals surface area contributed by atoms with E-state index in [0.29, 0.717) is 5.75 Å². The van der Waals surface area contributed by atoms with Gasteiger partial charge in [0.05, 0.1) is 0 Å². The highest BCUT2D eigenvalue weighted by molar-refractivity contribution is 7.19. The number of hydrogen-bond acceptors (Lipinski definition) is 4. The Kier molecular flexibility index (Phi) is 5.13. The summed E-state index contributed by atoms with van der Waals surface area (Å²) in [5, 5.41) is 14.1. The Balaban J connectivity index is 1.55. The lowest BCUT2D eigenvalue weighted by Crippen LogP contribution is -2.38. The molecule has 1 heterocycles. The Morgan fingerprint density at radius 1 is 1.17 bits per heavy atom. The molecule has 24 heavy (non-hydrogen) atoms. The minimum atomic E-state index is -0.727. The van der Waals surface area contributed by atoms with E-state index in [1.165, 1.54) is 11.3 Å². The summed E-state index contributed by atoms with van der Waals surface area (Å²) in [6.45, 7) is 1.85. The Morgan fingerprint density at radius 2 is 1.88 bits per heavy atom. The third-order valence-corrected chi connectivity index (χ3v) is 4.89. The van der Waals surface area contributed by atoms with Gasteiger partial charge in [0.15, 0.2) is 6.10 Å². The standard InChI is InChI=1S/C19H19NO3S/c1-13(23-15-8-3-2-4-9-15)19(22)20-12-16(21)18-11-14-7-5-6-10-17(14)24-18/h2-11,13,16,21H,12H2,1H3,(H,20,22). The lowest BCUT2D eigenvalue weighted by Gasteiger charge is -2.16. The van der Waals surface area contributed by atoms with Gasteiger partial charge in [-0.1, -0.05) is 36.4 Å². The second-order valence-electron chi connectivity index (χ2n) is 5.52. The van der Waals surface area contributed by atoms with Crippen LogP contribution in [0, 0.1) is 0 Å². The predicted octanol–water partition coefficient (Wildman–Crippen LogP) is 3.52. The maximum atomic E-state index is 12.1. The highest BCUT2D eigenvalue weighted by atomic mass is 32.1. The van der Waals surface area contributed by atoms with Crippen molar-refractivity contribution in [2.24, 2.45) is 0 Å². The largest absolute Gasteiger partial charge is 0.481 e. The van der Waals surface area contributed by atoms with Crippen molar-refractivity contribution in [2.75, 3.05) is 6.54 Å². The number of carbonyl (C=O) groups is 1. The van der Waals surface area contributed by atoms with Gasteiger partial charge in [0.25, 0.3) is 5.91 Å². The van der Waals surface area contributed by atoms with Crippen LogP contribution >= 0.6 is 11.3 Å². The van der Waals surface area contributed by atoms with Crippen LogP contribution in [0.4, 0.5) is 0 Å². The fourth-order valence-electron chi connectivity index (χ4n) is 2.36. The van der Waals surface area contributed by atoms with Crippen molar-refractivity contribution in [1.29, 1.82) is 0 Å². The van der Waals surface area contributed by atoms with Crippen molar-refractivity contribution >= 4 is 27.3 Å². The van der Waals surface area contributed by atoms with E-state index in [1.807, 2.05) is 48.5 Å². The van der Waals surface area contributed by atoms with E-state index in [1.54, 1.807) is 19.1 Å². The van der Waals surface area contributed by atoms with Crippen molar-refractivity contribution in [3.05, 3.63) is 65.5 Å². The zero-order valence-electron chi connectivity index (χ0n) is 13.3. The molecule has 4 nitrogen and oxygen atoms in total. The van der Waals surface area contributed by atoms with Gasteiger partial charge in [0.1, 0.15) is 11.9 Å². The average Bonchev–Trinajstić information content (AvgIpc) is 3.04. The third-order valence-electron chi connectivity index (χ3n) is 3.67. The summed E-state index contributed by atoms with van der Waals surface area (Å²) in [6.07, 6.45) is -1.35. The van der Waals surface area contributed by atoms with Crippen molar-refractivity contribution < 1.29 is 14.6 Å². The van der Waals surface area contributed by atoms with Crippen LogP contribution in [0.25, 0.3) is 10.1 Å². The first-order valence-electron chi connectivity index (χ1n) is 7.79. The van der Waals surface area contributed by atoms with Crippen LogP contribution in [0.3, 0.4) is 0 Å². The molecule has 0 aliphatic rings. The quantitative estimate of drug-likeness (QED) is 0.721. The number of fused-ring (bicyclic) bond motifs is 1. The number of aliphatic hydroxyl groups is 1. The lowest BCUT2D eigenvalue weighted by atomic mass is 10.2. The number of aliphatic hydroxyl groups excluding tert-OH is 1. The third kappa shape index (κ3) is 3.93. The Bertz CT molecular complexity index is 783. The summed E-state index contributed by atoms with van der Waals surface area (Å²) in [7, 11) is 0. The highest BCUT2D eigenvalue weighted by Crippen LogP contribution is 2.29. The Hall–Kier alpha value is -2.37. The molecule has 0 spiro atoms. The predicted molar refractivity (Wildman–Crippen MR) is 96.3 cm³/mol. The maximum absolute atomic E-state index is 12.1. The Morgan fingerprint density at radius 3 is 2.62 bits per heavy atom. The second kappa shape index (κ2) is 7.47. The molecule has 5 heteroatoms.